The van der Waals surface area contributed by atoms with Crippen molar-refractivity contribution in [2.45, 2.75) is 62.9 Å². The van der Waals surface area contributed by atoms with Gasteiger partial charge in [-0.25, -0.2) is 4.39 Å². The van der Waals surface area contributed by atoms with E-state index in [1.807, 2.05) is 0 Å². The summed E-state index contributed by atoms with van der Waals surface area (Å²) in [5.74, 6) is -1.06. The number of hydrogen-bond donors (Lipinski definition) is 2. The van der Waals surface area contributed by atoms with Gasteiger partial charge in [-0.3, -0.25) is 9.59 Å². The summed E-state index contributed by atoms with van der Waals surface area (Å²) in [6.07, 6.45) is 3.00. The Morgan fingerprint density at radius 3 is 2.53 bits per heavy atom. The van der Waals surface area contributed by atoms with Crippen LogP contribution >= 0.6 is 11.6 Å². The van der Waals surface area contributed by atoms with Crippen molar-refractivity contribution in [1.29, 1.82) is 0 Å². The Morgan fingerprint density at radius 2 is 1.91 bits per heavy atom. The predicted molar refractivity (Wildman–Crippen MR) is 109 cm³/mol. The summed E-state index contributed by atoms with van der Waals surface area (Å²) in [6, 6.07) is 3.94. The minimum absolute atomic E-state index is 0.0275. The van der Waals surface area contributed by atoms with Crippen LogP contribution in [0.4, 0.5) is 13.2 Å². The van der Waals surface area contributed by atoms with Crippen LogP contribution < -0.4 is 15.4 Å². The van der Waals surface area contributed by atoms with Crippen molar-refractivity contribution < 1.29 is 37.0 Å². The molecule has 178 valence electrons. The number of benzene rings is 1. The third-order valence-corrected chi connectivity index (χ3v) is 6.01. The van der Waals surface area contributed by atoms with Crippen molar-refractivity contribution in [3.8, 4) is 5.75 Å². The van der Waals surface area contributed by atoms with E-state index in [9.17, 15) is 22.8 Å². The fraction of sp³-hybridized carbons (Fsp3) is 0.619. The van der Waals surface area contributed by atoms with Crippen LogP contribution in [-0.2, 0) is 19.1 Å². The van der Waals surface area contributed by atoms with Gasteiger partial charge in [-0.15, -0.1) is 0 Å². The number of rotatable bonds is 12. The van der Waals surface area contributed by atoms with Gasteiger partial charge in [0.2, 0.25) is 5.91 Å². The highest BCUT2D eigenvalue weighted by Crippen LogP contribution is 2.34. The highest BCUT2D eigenvalue weighted by molar-refractivity contribution is 6.30. The first-order valence-corrected chi connectivity index (χ1v) is 10.8. The fourth-order valence-corrected chi connectivity index (χ4v) is 3.80. The average molecular weight is 479 g/mol. The molecule has 0 aromatic heterocycles. The van der Waals surface area contributed by atoms with E-state index in [0.717, 1.165) is 25.3 Å². The van der Waals surface area contributed by atoms with Gasteiger partial charge in [-0.2, -0.15) is 8.78 Å². The van der Waals surface area contributed by atoms with Crippen LogP contribution in [0.25, 0.3) is 0 Å². The number of amides is 2. The Labute approximate surface area is 188 Å². The average Bonchev–Trinajstić information content (AvgIpc) is 2.68. The maximum Gasteiger partial charge on any atom is 0.345 e. The van der Waals surface area contributed by atoms with Crippen LogP contribution in [0.5, 0.6) is 5.75 Å². The lowest BCUT2D eigenvalue weighted by atomic mass is 9.74. The van der Waals surface area contributed by atoms with E-state index in [0.29, 0.717) is 25.8 Å². The monoisotopic (exact) mass is 478 g/mol. The zero-order chi connectivity index (χ0) is 23.1. The summed E-state index contributed by atoms with van der Waals surface area (Å²) in [7, 11) is 0. The summed E-state index contributed by atoms with van der Waals surface area (Å²) < 4.78 is 52.6. The maximum atomic E-state index is 13.4. The molecule has 0 atom stereocenters. The molecule has 2 fully saturated rings. The molecule has 1 aromatic carbocycles. The topological polar surface area (TPSA) is 85.9 Å². The van der Waals surface area contributed by atoms with Crippen molar-refractivity contribution >= 4 is 23.4 Å². The van der Waals surface area contributed by atoms with Crippen LogP contribution in [0.1, 0.15) is 38.5 Å². The van der Waals surface area contributed by atoms with E-state index < -0.39 is 24.1 Å². The van der Waals surface area contributed by atoms with Crippen molar-refractivity contribution in [3.05, 3.63) is 29.0 Å². The minimum Gasteiger partial charge on any atom is -0.484 e. The second kappa shape index (κ2) is 11.2. The SMILES string of the molecule is O=C(CO[C@H]1C[C@@H](OC(F)F)C1)NCCC1(NC(=O)COc2ccc(Cl)c(F)c2)CCC1. The maximum absolute atomic E-state index is 13.4. The molecule has 2 saturated carbocycles. The molecule has 2 N–H and O–H groups in total. The molecule has 0 aliphatic heterocycles. The largest absolute Gasteiger partial charge is 0.484 e. The molecule has 2 aliphatic carbocycles. The molecule has 0 unspecified atom stereocenters. The number of carbonyl (C=O) groups excluding carboxylic acids is 2. The number of ether oxygens (including phenoxy) is 3. The fourth-order valence-electron chi connectivity index (χ4n) is 3.68. The Balaban J connectivity index is 1.30. The van der Waals surface area contributed by atoms with E-state index in [1.54, 1.807) is 0 Å². The van der Waals surface area contributed by atoms with Crippen molar-refractivity contribution in [2.75, 3.05) is 19.8 Å². The zero-order valence-corrected chi connectivity index (χ0v) is 18.1. The van der Waals surface area contributed by atoms with Crippen LogP contribution in [-0.4, -0.2) is 55.9 Å². The summed E-state index contributed by atoms with van der Waals surface area (Å²) in [6.45, 7) is -2.86. The minimum atomic E-state index is -2.80. The highest BCUT2D eigenvalue weighted by atomic mass is 35.5. The molecule has 0 saturated heterocycles. The quantitative estimate of drug-likeness (QED) is 0.482. The molecule has 2 amide bonds. The zero-order valence-electron chi connectivity index (χ0n) is 17.4. The van der Waals surface area contributed by atoms with Gasteiger partial charge >= 0.3 is 6.61 Å². The van der Waals surface area contributed by atoms with E-state index >= 15 is 0 Å². The van der Waals surface area contributed by atoms with Crippen molar-refractivity contribution in [2.24, 2.45) is 0 Å². The third-order valence-electron chi connectivity index (χ3n) is 5.70. The smallest absolute Gasteiger partial charge is 0.345 e. The van der Waals surface area contributed by atoms with Gasteiger partial charge in [0.05, 0.1) is 17.2 Å². The molecule has 2 aliphatic rings. The second-order valence-corrected chi connectivity index (χ2v) is 8.48. The lowest BCUT2D eigenvalue weighted by Crippen LogP contribution is -2.56. The van der Waals surface area contributed by atoms with Gasteiger partial charge in [-0.1, -0.05) is 11.6 Å². The van der Waals surface area contributed by atoms with E-state index in [1.165, 1.54) is 12.1 Å². The van der Waals surface area contributed by atoms with Gasteiger partial charge in [0.15, 0.2) is 6.61 Å². The number of alkyl halides is 2. The van der Waals surface area contributed by atoms with Crippen molar-refractivity contribution in [3.63, 3.8) is 0 Å². The Bertz CT molecular complexity index is 804. The molecule has 0 spiro atoms. The Kier molecular flexibility index (Phi) is 8.61. The van der Waals surface area contributed by atoms with Crippen LogP contribution in [0.15, 0.2) is 18.2 Å². The summed E-state index contributed by atoms with van der Waals surface area (Å²) in [5, 5.41) is 5.66. The standard InChI is InChI=1S/C21H26ClF3N2O5/c22-16-3-2-13(10-17(16)23)30-12-19(29)27-21(4-1-5-21)6-7-26-18(28)11-31-14-8-15(9-14)32-20(24)25/h2-3,10,14-15,20H,1,4-9,11-12H2,(H,26,28)(H,27,29)/t14-,15+. The summed E-state index contributed by atoms with van der Waals surface area (Å²) in [4.78, 5) is 24.2. The normalized spacial score (nSPS) is 21.4. The highest BCUT2D eigenvalue weighted by Gasteiger charge is 2.38. The van der Waals surface area contributed by atoms with Gasteiger partial charge in [0, 0.05) is 31.0 Å². The molecule has 7 nitrogen and oxygen atoms in total. The lowest BCUT2D eigenvalue weighted by molar-refractivity contribution is -0.207. The molecule has 32 heavy (non-hydrogen) atoms. The summed E-state index contributed by atoms with van der Waals surface area (Å²) in [5.41, 5.74) is -0.409. The lowest BCUT2D eigenvalue weighted by Gasteiger charge is -2.42. The molecule has 1 aromatic rings. The molecule has 0 heterocycles. The van der Waals surface area contributed by atoms with E-state index in [2.05, 4.69) is 15.4 Å². The first-order valence-electron chi connectivity index (χ1n) is 10.5. The first kappa shape index (κ1) is 24.6. The van der Waals surface area contributed by atoms with Crippen LogP contribution in [0, 0.1) is 5.82 Å². The second-order valence-electron chi connectivity index (χ2n) is 8.07. The van der Waals surface area contributed by atoms with E-state index in [4.69, 9.17) is 21.1 Å². The molecule has 3 rings (SSSR count). The van der Waals surface area contributed by atoms with E-state index in [-0.39, 0.29) is 41.9 Å². The molecule has 11 heteroatoms. The van der Waals surface area contributed by atoms with Gasteiger partial charge in [0.25, 0.3) is 5.91 Å². The first-order chi connectivity index (χ1) is 15.2. The molecule has 0 radical (unpaired) electrons. The number of hydrogen-bond acceptors (Lipinski definition) is 5. The van der Waals surface area contributed by atoms with Crippen LogP contribution in [0.2, 0.25) is 5.02 Å². The van der Waals surface area contributed by atoms with Gasteiger partial charge in [0.1, 0.15) is 18.2 Å². The van der Waals surface area contributed by atoms with Crippen molar-refractivity contribution in [1.82, 2.24) is 10.6 Å². The van der Waals surface area contributed by atoms with Gasteiger partial charge < -0.3 is 24.8 Å². The number of halogens is 4. The molecular weight excluding hydrogens is 453 g/mol. The Hall–Kier alpha value is -2.04. The Morgan fingerprint density at radius 1 is 1.16 bits per heavy atom. The molecule has 0 bridgehead atoms. The third kappa shape index (κ3) is 7.25. The molecular formula is C21H26ClF3N2O5. The number of carbonyl (C=O) groups is 2. The summed E-state index contributed by atoms with van der Waals surface area (Å²) >= 11 is 5.62. The predicted octanol–water partition coefficient (Wildman–Crippen LogP) is 3.19. The van der Waals surface area contributed by atoms with Gasteiger partial charge in [-0.05, 0) is 37.8 Å². The number of nitrogens with one attached hydrogen (secondary N) is 2. The van der Waals surface area contributed by atoms with Crippen LogP contribution in [0.3, 0.4) is 0 Å².